The van der Waals surface area contributed by atoms with Gasteiger partial charge in [0.05, 0.1) is 6.61 Å². The molecule has 2 aromatic heterocycles. The summed E-state index contributed by atoms with van der Waals surface area (Å²) >= 11 is 6.31. The van der Waals surface area contributed by atoms with E-state index in [2.05, 4.69) is 20.0 Å². The average molecular weight is 655 g/mol. The number of rotatable bonds is 11. The van der Waals surface area contributed by atoms with Crippen LogP contribution in [0.1, 0.15) is 11.8 Å². The van der Waals surface area contributed by atoms with Gasteiger partial charge in [0.1, 0.15) is 43.5 Å². The first kappa shape index (κ1) is 30.9. The lowest BCUT2D eigenvalue weighted by molar-refractivity contribution is -0.143. The summed E-state index contributed by atoms with van der Waals surface area (Å²) in [5.41, 5.74) is 7.01. The van der Waals surface area contributed by atoms with E-state index in [1.165, 1.54) is 10.9 Å². The van der Waals surface area contributed by atoms with Gasteiger partial charge in [0.15, 0.2) is 23.2 Å². The molecule has 1 aliphatic rings. The molecule has 1 fully saturated rings. The van der Waals surface area contributed by atoms with Crippen molar-refractivity contribution in [3.05, 3.63) is 90.0 Å². The van der Waals surface area contributed by atoms with E-state index < -0.39 is 51.4 Å². The summed E-state index contributed by atoms with van der Waals surface area (Å²) in [7, 11) is -4.33. The second kappa shape index (κ2) is 13.1. The standard InChI is InChI=1S/C29H28ClN6O8P/c30-29-35-23-26(31)32-16-33-27(23)36(29)28-25(39)24(38)21(43-28)15-42-45(40,34-13-22(37)41-14-17-7-2-1-3-8-17)44-20-12-6-10-18-9-4-5-11-19(18)20/h1-12,16,21,24-25,28,38-39H,13-15H2,(H,34,40)(H2,31,32,33)/t21-,24+,25?,28-,45?/m1/s1. The number of nitrogens with zero attached hydrogens (tertiary/aromatic N) is 4. The van der Waals surface area contributed by atoms with Crippen LogP contribution in [0.3, 0.4) is 0 Å². The van der Waals surface area contributed by atoms with Crippen molar-refractivity contribution >= 4 is 53.1 Å². The normalized spacial score (nSPS) is 21.1. The second-order valence-electron chi connectivity index (χ2n) is 10.1. The Kier molecular flexibility index (Phi) is 8.97. The first-order valence-electron chi connectivity index (χ1n) is 13.7. The molecule has 3 heterocycles. The van der Waals surface area contributed by atoms with Crippen LogP contribution in [0.25, 0.3) is 21.9 Å². The second-order valence-corrected chi connectivity index (χ2v) is 12.2. The van der Waals surface area contributed by atoms with Crippen molar-refractivity contribution < 1.29 is 38.1 Å². The number of aromatic nitrogens is 4. The molecule has 16 heteroatoms. The van der Waals surface area contributed by atoms with E-state index in [1.54, 1.807) is 36.4 Å². The Bertz CT molecular complexity index is 1870. The van der Waals surface area contributed by atoms with Gasteiger partial charge < -0.3 is 29.9 Å². The maximum atomic E-state index is 14.1. The number of halogens is 1. The van der Waals surface area contributed by atoms with Gasteiger partial charge >= 0.3 is 13.7 Å². The lowest BCUT2D eigenvalue weighted by Gasteiger charge is -2.23. The number of nitrogens with two attached hydrogens (primary N) is 1. The Balaban J connectivity index is 1.20. The van der Waals surface area contributed by atoms with Gasteiger partial charge in [-0.05, 0) is 28.6 Å². The number of benzene rings is 3. The highest BCUT2D eigenvalue weighted by Crippen LogP contribution is 2.47. The van der Waals surface area contributed by atoms with Crippen molar-refractivity contribution in [3.8, 4) is 5.75 Å². The van der Waals surface area contributed by atoms with Crippen molar-refractivity contribution in [2.24, 2.45) is 0 Å². The molecule has 0 amide bonds. The van der Waals surface area contributed by atoms with Crippen LogP contribution < -0.4 is 15.3 Å². The van der Waals surface area contributed by atoms with E-state index in [1.807, 2.05) is 36.4 Å². The maximum Gasteiger partial charge on any atom is 0.459 e. The number of imidazole rings is 1. The zero-order chi connectivity index (χ0) is 31.6. The average Bonchev–Trinajstić information content (AvgIpc) is 3.53. The van der Waals surface area contributed by atoms with E-state index >= 15 is 0 Å². The Morgan fingerprint density at radius 1 is 1.04 bits per heavy atom. The van der Waals surface area contributed by atoms with E-state index in [0.29, 0.717) is 5.39 Å². The van der Waals surface area contributed by atoms with Crippen molar-refractivity contribution in [1.29, 1.82) is 0 Å². The number of ether oxygens (including phenoxy) is 2. The largest absolute Gasteiger partial charge is 0.460 e. The topological polar surface area (TPSA) is 193 Å². The van der Waals surface area contributed by atoms with Gasteiger partial charge in [0.2, 0.25) is 5.28 Å². The van der Waals surface area contributed by atoms with Gasteiger partial charge in [0, 0.05) is 5.39 Å². The molecule has 0 aliphatic carbocycles. The number of carbonyl (C=O) groups is 1. The van der Waals surface area contributed by atoms with Crippen molar-refractivity contribution in [3.63, 3.8) is 0 Å². The highest BCUT2D eigenvalue weighted by atomic mass is 35.5. The number of esters is 1. The molecule has 1 aliphatic heterocycles. The van der Waals surface area contributed by atoms with Crippen molar-refractivity contribution in [1.82, 2.24) is 24.6 Å². The number of hydrogen-bond donors (Lipinski definition) is 4. The third-order valence-electron chi connectivity index (χ3n) is 7.09. The fraction of sp³-hybridized carbons (Fsp3) is 0.241. The number of aliphatic hydroxyl groups excluding tert-OH is 2. The summed E-state index contributed by atoms with van der Waals surface area (Å²) in [5.74, 6) is -0.422. The molecule has 3 aromatic carbocycles. The number of carbonyl (C=O) groups excluding carboxylic acids is 1. The fourth-order valence-corrected chi connectivity index (χ4v) is 6.39. The number of aliphatic hydroxyl groups is 2. The number of anilines is 1. The molecule has 5 N–H and O–H groups in total. The molecule has 5 atom stereocenters. The first-order valence-corrected chi connectivity index (χ1v) is 15.7. The van der Waals surface area contributed by atoms with Gasteiger partial charge in [0.25, 0.3) is 0 Å². The first-order chi connectivity index (χ1) is 21.7. The minimum atomic E-state index is -4.33. The molecule has 6 rings (SSSR count). The lowest BCUT2D eigenvalue weighted by atomic mass is 10.1. The Morgan fingerprint density at radius 2 is 1.80 bits per heavy atom. The zero-order valence-electron chi connectivity index (χ0n) is 23.5. The van der Waals surface area contributed by atoms with E-state index in [0.717, 1.165) is 10.9 Å². The highest BCUT2D eigenvalue weighted by molar-refractivity contribution is 7.52. The highest BCUT2D eigenvalue weighted by Gasteiger charge is 2.46. The van der Waals surface area contributed by atoms with Gasteiger partial charge in [-0.1, -0.05) is 66.7 Å². The number of hydrogen-bond acceptors (Lipinski definition) is 12. The SMILES string of the molecule is Nc1ncnc2c1nc(Cl)n2[C@@H]1O[C@H](COP(=O)(NCC(=O)OCc2ccccc2)Oc2cccc3ccccc23)[C@H](O)C1O. The van der Waals surface area contributed by atoms with E-state index in [4.69, 9.17) is 35.9 Å². The van der Waals surface area contributed by atoms with Gasteiger partial charge in [-0.15, -0.1) is 0 Å². The molecule has 1 saturated heterocycles. The zero-order valence-corrected chi connectivity index (χ0v) is 25.1. The van der Waals surface area contributed by atoms with Crippen LogP contribution in [0.5, 0.6) is 5.75 Å². The van der Waals surface area contributed by atoms with Crippen LogP contribution in [0.15, 0.2) is 79.1 Å². The van der Waals surface area contributed by atoms with E-state index in [9.17, 15) is 19.6 Å². The minimum absolute atomic E-state index is 0.0140. The number of fused-ring (bicyclic) bond motifs is 2. The van der Waals surface area contributed by atoms with E-state index in [-0.39, 0.29) is 34.6 Å². The maximum absolute atomic E-state index is 14.1. The summed E-state index contributed by atoms with van der Waals surface area (Å²) in [6.45, 7) is -1.03. The van der Waals surface area contributed by atoms with Crippen LogP contribution in [-0.4, -0.2) is 67.2 Å². The van der Waals surface area contributed by atoms with Gasteiger partial charge in [-0.3, -0.25) is 13.9 Å². The third-order valence-corrected chi connectivity index (χ3v) is 8.83. The molecule has 14 nitrogen and oxygen atoms in total. The molecule has 0 bridgehead atoms. The van der Waals surface area contributed by atoms with Crippen LogP contribution in [0, 0.1) is 0 Å². The summed E-state index contributed by atoms with van der Waals surface area (Å²) in [6, 6.07) is 21.5. The quantitative estimate of drug-likeness (QED) is 0.0921. The van der Waals surface area contributed by atoms with Crippen LogP contribution >= 0.6 is 19.3 Å². The van der Waals surface area contributed by atoms with Crippen LogP contribution in [0.4, 0.5) is 5.82 Å². The monoisotopic (exact) mass is 654 g/mol. The summed E-state index contributed by atoms with van der Waals surface area (Å²) in [5, 5.41) is 25.6. The molecule has 0 saturated carbocycles. The Morgan fingerprint density at radius 3 is 2.62 bits per heavy atom. The lowest BCUT2D eigenvalue weighted by Crippen LogP contribution is -2.34. The predicted molar refractivity (Wildman–Crippen MR) is 163 cm³/mol. The van der Waals surface area contributed by atoms with Crippen LogP contribution in [-0.2, 0) is 30.0 Å². The fourth-order valence-electron chi connectivity index (χ4n) is 4.84. The third kappa shape index (κ3) is 6.63. The molecule has 0 radical (unpaired) electrons. The molecular formula is C29H28ClN6O8P. The summed E-state index contributed by atoms with van der Waals surface area (Å²) in [6.07, 6.45) is -4.29. The minimum Gasteiger partial charge on any atom is -0.460 e. The number of nitrogens with one attached hydrogen (secondary N) is 1. The number of nitrogen functional groups attached to an aromatic ring is 1. The molecule has 234 valence electrons. The summed E-state index contributed by atoms with van der Waals surface area (Å²) in [4.78, 5) is 24.7. The molecule has 0 spiro atoms. The smallest absolute Gasteiger partial charge is 0.459 e. The molecule has 5 aromatic rings. The molecular weight excluding hydrogens is 627 g/mol. The Labute approximate surface area is 261 Å². The van der Waals surface area contributed by atoms with Crippen LogP contribution in [0.2, 0.25) is 5.28 Å². The predicted octanol–water partition coefficient (Wildman–Crippen LogP) is 3.37. The van der Waals surface area contributed by atoms with Crippen molar-refractivity contribution in [2.45, 2.75) is 31.1 Å². The van der Waals surface area contributed by atoms with Gasteiger partial charge in [-0.25, -0.2) is 24.6 Å². The molecule has 2 unspecified atom stereocenters. The van der Waals surface area contributed by atoms with Crippen molar-refractivity contribution in [2.75, 3.05) is 18.9 Å². The summed E-state index contributed by atoms with van der Waals surface area (Å²) < 4.78 is 38.2. The van der Waals surface area contributed by atoms with Gasteiger partial charge in [-0.2, -0.15) is 0 Å². The Hall–Kier alpha value is -4.14. The molecule has 45 heavy (non-hydrogen) atoms.